The molecule has 0 saturated heterocycles. The van der Waals surface area contributed by atoms with Gasteiger partial charge in [0, 0.05) is 4.88 Å². The van der Waals surface area contributed by atoms with E-state index >= 15 is 0 Å². The molecule has 5 nitrogen and oxygen atoms in total. The summed E-state index contributed by atoms with van der Waals surface area (Å²) in [6.07, 6.45) is 0.823. The van der Waals surface area contributed by atoms with Crippen molar-refractivity contribution in [3.63, 3.8) is 0 Å². The Kier molecular flexibility index (Phi) is 4.69. The minimum Gasteiger partial charge on any atom is -0.373 e. The lowest BCUT2D eigenvalue weighted by molar-refractivity contribution is -0.119. The quantitative estimate of drug-likeness (QED) is 0.894. The van der Waals surface area contributed by atoms with Crippen LogP contribution < -0.4 is 11.1 Å². The first-order valence-electron chi connectivity index (χ1n) is 7.86. The summed E-state index contributed by atoms with van der Waals surface area (Å²) in [5.74, 6) is -0.702. The van der Waals surface area contributed by atoms with Crippen LogP contribution in [0.3, 0.4) is 0 Å². The number of fused-ring (bicyclic) bond motifs is 1. The van der Waals surface area contributed by atoms with Gasteiger partial charge in [0.2, 0.25) is 5.91 Å². The van der Waals surface area contributed by atoms with Crippen LogP contribution in [0.4, 0.5) is 5.00 Å². The van der Waals surface area contributed by atoms with Crippen molar-refractivity contribution in [1.82, 2.24) is 0 Å². The van der Waals surface area contributed by atoms with Gasteiger partial charge in [-0.3, -0.25) is 9.59 Å². The molecular weight excluding hydrogens is 324 g/mol. The highest BCUT2D eigenvalue weighted by Gasteiger charge is 2.25. The fourth-order valence-corrected chi connectivity index (χ4v) is 4.09. The van der Waals surface area contributed by atoms with Crippen molar-refractivity contribution in [3.05, 3.63) is 51.4 Å². The fourth-order valence-electron chi connectivity index (χ4n) is 3.00. The molecule has 0 aliphatic carbocycles. The van der Waals surface area contributed by atoms with E-state index in [1.807, 2.05) is 32.0 Å². The van der Waals surface area contributed by atoms with Crippen LogP contribution in [0.2, 0.25) is 0 Å². The first-order chi connectivity index (χ1) is 11.5. The zero-order valence-electron chi connectivity index (χ0n) is 13.7. The fraction of sp³-hybridized carbons (Fsp3) is 0.333. The topological polar surface area (TPSA) is 81.4 Å². The Morgan fingerprint density at radius 3 is 2.83 bits per heavy atom. The number of primary amides is 1. The number of carbonyl (C=O) groups excluding carboxylic acids is 2. The van der Waals surface area contributed by atoms with Gasteiger partial charge in [-0.25, -0.2) is 0 Å². The second-order valence-electron chi connectivity index (χ2n) is 5.91. The predicted molar refractivity (Wildman–Crippen MR) is 94.4 cm³/mol. The number of hydrogen-bond donors (Lipinski definition) is 2. The molecule has 0 fully saturated rings. The third kappa shape index (κ3) is 3.20. The summed E-state index contributed by atoms with van der Waals surface area (Å²) in [4.78, 5) is 25.1. The molecule has 0 saturated carbocycles. The summed E-state index contributed by atoms with van der Waals surface area (Å²) in [5, 5.41) is 3.35. The molecule has 1 aromatic heterocycles. The van der Waals surface area contributed by atoms with E-state index in [1.165, 1.54) is 16.9 Å². The van der Waals surface area contributed by atoms with Crippen LogP contribution in [0.5, 0.6) is 0 Å². The normalized spacial score (nSPS) is 16.5. The van der Waals surface area contributed by atoms with Gasteiger partial charge < -0.3 is 15.8 Å². The molecule has 0 bridgehead atoms. The Bertz CT molecular complexity index is 798. The van der Waals surface area contributed by atoms with Gasteiger partial charge in [0.25, 0.3) is 5.91 Å². The van der Waals surface area contributed by atoms with Crippen LogP contribution in [0.15, 0.2) is 24.3 Å². The summed E-state index contributed by atoms with van der Waals surface area (Å²) in [6, 6.07) is 8.02. The van der Waals surface area contributed by atoms with Crippen LogP contribution in [0, 0.1) is 13.8 Å². The number of nitrogens with two attached hydrogens (primary N) is 1. The van der Waals surface area contributed by atoms with Crippen LogP contribution in [-0.2, 0) is 16.0 Å². The molecule has 1 aliphatic rings. The molecule has 0 radical (unpaired) electrons. The Hall–Kier alpha value is -2.18. The molecule has 126 valence electrons. The molecule has 0 spiro atoms. The van der Waals surface area contributed by atoms with Gasteiger partial charge in [0.05, 0.1) is 24.7 Å². The monoisotopic (exact) mass is 344 g/mol. The molecule has 1 atom stereocenters. The number of rotatable bonds is 4. The molecule has 2 amide bonds. The zero-order valence-corrected chi connectivity index (χ0v) is 14.5. The number of hydrogen-bond acceptors (Lipinski definition) is 4. The van der Waals surface area contributed by atoms with Gasteiger partial charge in [0.1, 0.15) is 5.00 Å². The van der Waals surface area contributed by atoms with Gasteiger partial charge >= 0.3 is 0 Å². The molecule has 3 N–H and O–H groups in total. The second kappa shape index (κ2) is 6.75. The first kappa shape index (κ1) is 16.7. The molecule has 3 rings (SSSR count). The number of nitrogens with one attached hydrogen (secondary N) is 1. The van der Waals surface area contributed by atoms with Crippen LogP contribution in [0.1, 0.15) is 44.5 Å². The molecular formula is C18H20N2O3S. The van der Waals surface area contributed by atoms with E-state index in [4.69, 9.17) is 10.5 Å². The lowest BCUT2D eigenvalue weighted by atomic mass is 9.95. The van der Waals surface area contributed by atoms with Crippen molar-refractivity contribution in [1.29, 1.82) is 0 Å². The van der Waals surface area contributed by atoms with Gasteiger partial charge in [-0.2, -0.15) is 0 Å². The zero-order chi connectivity index (χ0) is 17.3. The summed E-state index contributed by atoms with van der Waals surface area (Å²) in [5.41, 5.74) is 8.95. The molecule has 0 unspecified atom stereocenters. The van der Waals surface area contributed by atoms with E-state index in [0.717, 1.165) is 22.4 Å². The summed E-state index contributed by atoms with van der Waals surface area (Å²) in [7, 11) is 0. The molecule has 6 heteroatoms. The number of thiophene rings is 1. The van der Waals surface area contributed by atoms with Crippen LogP contribution in [-0.4, -0.2) is 18.4 Å². The second-order valence-corrected chi connectivity index (χ2v) is 7.14. The average Bonchev–Trinajstić information content (AvgIpc) is 2.82. The standard InChI is InChI=1S/C18H20N2O3S/c1-10-11(2)24-18(16(10)17(19)22)20-15(21)9-14-13-6-4-3-5-12(13)7-8-23-14/h3-6,14H,7-9H2,1-2H3,(H2,19,22)(H,20,21)/t14-/m0/s1. The number of benzene rings is 1. The molecule has 2 aromatic rings. The average molecular weight is 344 g/mol. The van der Waals surface area contributed by atoms with Gasteiger partial charge in [-0.15, -0.1) is 11.3 Å². The molecule has 2 heterocycles. The number of amides is 2. The van der Waals surface area contributed by atoms with Gasteiger partial charge in [-0.1, -0.05) is 24.3 Å². The van der Waals surface area contributed by atoms with E-state index in [9.17, 15) is 9.59 Å². The van der Waals surface area contributed by atoms with Crippen molar-refractivity contribution in [3.8, 4) is 0 Å². The van der Waals surface area contributed by atoms with Crippen molar-refractivity contribution in [2.45, 2.75) is 32.8 Å². The summed E-state index contributed by atoms with van der Waals surface area (Å²) < 4.78 is 5.77. The van der Waals surface area contributed by atoms with Crippen LogP contribution in [0.25, 0.3) is 0 Å². The molecule has 24 heavy (non-hydrogen) atoms. The van der Waals surface area contributed by atoms with Crippen LogP contribution >= 0.6 is 11.3 Å². The highest BCUT2D eigenvalue weighted by molar-refractivity contribution is 7.16. The van der Waals surface area contributed by atoms with Crippen molar-refractivity contribution in [2.24, 2.45) is 5.73 Å². The highest BCUT2D eigenvalue weighted by atomic mass is 32.1. The maximum atomic E-state index is 12.4. The van der Waals surface area contributed by atoms with E-state index in [-0.39, 0.29) is 18.4 Å². The van der Waals surface area contributed by atoms with E-state index in [0.29, 0.717) is 17.2 Å². The maximum absolute atomic E-state index is 12.4. The molecule has 1 aliphatic heterocycles. The number of anilines is 1. The first-order valence-corrected chi connectivity index (χ1v) is 8.68. The lowest BCUT2D eigenvalue weighted by Crippen LogP contribution is -2.23. The number of carbonyl (C=O) groups is 2. The third-order valence-electron chi connectivity index (χ3n) is 4.35. The summed E-state index contributed by atoms with van der Waals surface area (Å²) in [6.45, 7) is 4.35. The minimum atomic E-state index is -0.522. The largest absolute Gasteiger partial charge is 0.373 e. The van der Waals surface area contributed by atoms with Crippen molar-refractivity contribution in [2.75, 3.05) is 11.9 Å². The summed E-state index contributed by atoms with van der Waals surface area (Å²) >= 11 is 1.37. The number of aryl methyl sites for hydroxylation is 1. The Morgan fingerprint density at radius 1 is 1.33 bits per heavy atom. The predicted octanol–water partition coefficient (Wildman–Crippen LogP) is 3.11. The molecule has 1 aromatic carbocycles. The number of ether oxygens (including phenoxy) is 1. The third-order valence-corrected chi connectivity index (χ3v) is 5.47. The van der Waals surface area contributed by atoms with E-state index in [1.54, 1.807) is 0 Å². The van der Waals surface area contributed by atoms with Gasteiger partial charge in [-0.05, 0) is 37.0 Å². The van der Waals surface area contributed by atoms with E-state index in [2.05, 4.69) is 11.4 Å². The van der Waals surface area contributed by atoms with Gasteiger partial charge in [0.15, 0.2) is 0 Å². The minimum absolute atomic E-state index is 0.180. The SMILES string of the molecule is Cc1sc(NC(=O)C[C@@H]2OCCc3ccccc32)c(C(N)=O)c1C. The lowest BCUT2D eigenvalue weighted by Gasteiger charge is -2.25. The Morgan fingerprint density at radius 2 is 2.08 bits per heavy atom. The van der Waals surface area contributed by atoms with Crippen molar-refractivity contribution >= 4 is 28.2 Å². The smallest absolute Gasteiger partial charge is 0.251 e. The van der Waals surface area contributed by atoms with E-state index < -0.39 is 5.91 Å². The Balaban J connectivity index is 1.76. The maximum Gasteiger partial charge on any atom is 0.251 e. The highest BCUT2D eigenvalue weighted by Crippen LogP contribution is 2.34. The van der Waals surface area contributed by atoms with Crippen molar-refractivity contribution < 1.29 is 14.3 Å². The Labute approximate surface area is 144 Å².